The Hall–Kier alpha value is -1.03. The topological polar surface area (TPSA) is 46.2 Å². The van der Waals surface area contributed by atoms with Gasteiger partial charge in [0.25, 0.3) is 0 Å². The van der Waals surface area contributed by atoms with Gasteiger partial charge in [0.2, 0.25) is 0 Å². The van der Waals surface area contributed by atoms with Gasteiger partial charge in [-0.05, 0) is 25.1 Å². The number of anilines is 1. The third-order valence-electron chi connectivity index (χ3n) is 1.95. The molecule has 0 atom stereocenters. The molecule has 0 radical (unpaired) electrons. The average molecular weight is 213 g/mol. The summed E-state index contributed by atoms with van der Waals surface area (Å²) in [5, 5.41) is 3.08. The molecule has 78 valence electrons. The molecule has 1 N–H and O–H groups in total. The van der Waals surface area contributed by atoms with Gasteiger partial charge in [-0.25, -0.2) is 8.42 Å². The smallest absolute Gasteiger partial charge is 0.178 e. The molecule has 1 aromatic rings. The van der Waals surface area contributed by atoms with E-state index in [0.29, 0.717) is 4.90 Å². The largest absolute Gasteiger partial charge is 0.385 e. The lowest BCUT2D eigenvalue weighted by atomic mass is 10.3. The summed E-state index contributed by atoms with van der Waals surface area (Å²) in [5.41, 5.74) is 0.849. The third-order valence-corrected chi connectivity index (χ3v) is 3.69. The zero-order chi connectivity index (χ0) is 10.6. The van der Waals surface area contributed by atoms with Gasteiger partial charge in [0.15, 0.2) is 9.84 Å². The summed E-state index contributed by atoms with van der Waals surface area (Å²) in [5.74, 6) is 0.141. The van der Waals surface area contributed by atoms with Crippen molar-refractivity contribution in [3.8, 4) is 0 Å². The fraction of sp³-hybridized carbons (Fsp3) is 0.400. The van der Waals surface area contributed by atoms with Crippen LogP contribution in [0.3, 0.4) is 0 Å². The molecule has 1 rings (SSSR count). The van der Waals surface area contributed by atoms with Crippen molar-refractivity contribution < 1.29 is 8.42 Å². The zero-order valence-corrected chi connectivity index (χ0v) is 9.26. The minimum atomic E-state index is -3.08. The first-order valence-electron chi connectivity index (χ1n) is 4.67. The summed E-state index contributed by atoms with van der Waals surface area (Å²) in [7, 11) is -3.08. The van der Waals surface area contributed by atoms with Gasteiger partial charge in [0.05, 0.1) is 10.6 Å². The van der Waals surface area contributed by atoms with E-state index in [1.807, 2.05) is 13.0 Å². The second-order valence-corrected chi connectivity index (χ2v) is 5.24. The molecule has 3 nitrogen and oxygen atoms in total. The van der Waals surface area contributed by atoms with Crippen molar-refractivity contribution in [3.05, 3.63) is 24.3 Å². The third kappa shape index (κ3) is 2.48. The predicted molar refractivity (Wildman–Crippen MR) is 58.3 cm³/mol. The SMILES string of the molecule is CCNc1cccc(S(=O)(=O)CC)c1. The van der Waals surface area contributed by atoms with Crippen molar-refractivity contribution in [3.63, 3.8) is 0 Å². The first-order chi connectivity index (χ1) is 6.60. The predicted octanol–water partition coefficient (Wildman–Crippen LogP) is 1.91. The Morgan fingerprint density at radius 2 is 2.00 bits per heavy atom. The Labute approximate surface area is 85.1 Å². The Bertz CT molecular complexity index is 398. The number of nitrogens with one attached hydrogen (secondary N) is 1. The van der Waals surface area contributed by atoms with Gasteiger partial charge in [0.1, 0.15) is 0 Å². The fourth-order valence-corrected chi connectivity index (χ4v) is 2.10. The average Bonchev–Trinajstić information content (AvgIpc) is 2.19. The number of sulfone groups is 1. The van der Waals surface area contributed by atoms with E-state index in [1.54, 1.807) is 25.1 Å². The van der Waals surface area contributed by atoms with Crippen molar-refractivity contribution in [1.29, 1.82) is 0 Å². The van der Waals surface area contributed by atoms with E-state index < -0.39 is 9.84 Å². The van der Waals surface area contributed by atoms with Crippen LogP contribution in [-0.2, 0) is 9.84 Å². The highest BCUT2D eigenvalue weighted by Gasteiger charge is 2.10. The number of benzene rings is 1. The van der Waals surface area contributed by atoms with Crippen LogP contribution in [0.1, 0.15) is 13.8 Å². The van der Waals surface area contributed by atoms with Crippen LogP contribution in [0.15, 0.2) is 29.2 Å². The van der Waals surface area contributed by atoms with Gasteiger partial charge >= 0.3 is 0 Å². The molecule has 0 heterocycles. The van der Waals surface area contributed by atoms with Crippen LogP contribution >= 0.6 is 0 Å². The number of rotatable bonds is 4. The molecule has 0 bridgehead atoms. The highest BCUT2D eigenvalue weighted by Crippen LogP contribution is 2.16. The van der Waals surface area contributed by atoms with Gasteiger partial charge in [0, 0.05) is 12.2 Å². The first-order valence-corrected chi connectivity index (χ1v) is 6.32. The van der Waals surface area contributed by atoms with E-state index >= 15 is 0 Å². The summed E-state index contributed by atoms with van der Waals surface area (Å²) in [6.07, 6.45) is 0. The van der Waals surface area contributed by atoms with E-state index in [2.05, 4.69) is 5.32 Å². The van der Waals surface area contributed by atoms with Crippen LogP contribution in [0, 0.1) is 0 Å². The Morgan fingerprint density at radius 1 is 1.29 bits per heavy atom. The van der Waals surface area contributed by atoms with Crippen LogP contribution < -0.4 is 5.32 Å². The molecule has 0 fully saturated rings. The normalized spacial score (nSPS) is 11.3. The molecule has 0 aliphatic rings. The summed E-state index contributed by atoms with van der Waals surface area (Å²) in [6.45, 7) is 4.41. The van der Waals surface area contributed by atoms with Gasteiger partial charge in [-0.2, -0.15) is 0 Å². The van der Waals surface area contributed by atoms with Crippen LogP contribution in [0.4, 0.5) is 5.69 Å². The van der Waals surface area contributed by atoms with Gasteiger partial charge < -0.3 is 5.32 Å². The zero-order valence-electron chi connectivity index (χ0n) is 8.45. The summed E-state index contributed by atoms with van der Waals surface area (Å²) in [4.78, 5) is 0.387. The fourth-order valence-electron chi connectivity index (χ4n) is 1.17. The van der Waals surface area contributed by atoms with E-state index in [-0.39, 0.29) is 5.75 Å². The standard InChI is InChI=1S/C10H15NO2S/c1-3-11-9-6-5-7-10(8-9)14(12,13)4-2/h5-8,11H,3-4H2,1-2H3. The number of hydrogen-bond donors (Lipinski definition) is 1. The molecular formula is C10H15NO2S. The summed E-state index contributed by atoms with van der Waals surface area (Å²) < 4.78 is 23.1. The van der Waals surface area contributed by atoms with Crippen molar-refractivity contribution >= 4 is 15.5 Å². The molecule has 0 saturated heterocycles. The minimum absolute atomic E-state index is 0.141. The molecule has 0 spiro atoms. The Balaban J connectivity index is 3.06. The van der Waals surface area contributed by atoms with E-state index in [9.17, 15) is 8.42 Å². The second kappa shape index (κ2) is 4.46. The molecule has 0 unspecified atom stereocenters. The van der Waals surface area contributed by atoms with Crippen LogP contribution in [0.5, 0.6) is 0 Å². The molecule has 0 saturated carbocycles. The lowest BCUT2D eigenvalue weighted by molar-refractivity contribution is 0.597. The van der Waals surface area contributed by atoms with Crippen molar-refractivity contribution in [2.45, 2.75) is 18.7 Å². The summed E-state index contributed by atoms with van der Waals surface area (Å²) in [6, 6.07) is 6.90. The second-order valence-electron chi connectivity index (χ2n) is 2.96. The quantitative estimate of drug-likeness (QED) is 0.831. The van der Waals surface area contributed by atoms with Crippen LogP contribution in [0.2, 0.25) is 0 Å². The molecule has 4 heteroatoms. The molecule has 0 aliphatic carbocycles. The highest BCUT2D eigenvalue weighted by molar-refractivity contribution is 7.91. The molecule has 14 heavy (non-hydrogen) atoms. The minimum Gasteiger partial charge on any atom is -0.385 e. The van der Waals surface area contributed by atoms with E-state index in [1.165, 1.54) is 0 Å². The van der Waals surface area contributed by atoms with E-state index in [4.69, 9.17) is 0 Å². The maximum atomic E-state index is 11.5. The van der Waals surface area contributed by atoms with Crippen LogP contribution in [-0.4, -0.2) is 20.7 Å². The van der Waals surface area contributed by atoms with Gasteiger partial charge in [-0.1, -0.05) is 13.0 Å². The number of hydrogen-bond acceptors (Lipinski definition) is 3. The molecule has 1 aromatic carbocycles. The maximum Gasteiger partial charge on any atom is 0.178 e. The summed E-state index contributed by atoms with van der Waals surface area (Å²) >= 11 is 0. The van der Waals surface area contributed by atoms with Crippen molar-refractivity contribution in [2.75, 3.05) is 17.6 Å². The van der Waals surface area contributed by atoms with Crippen molar-refractivity contribution in [1.82, 2.24) is 0 Å². The van der Waals surface area contributed by atoms with Crippen molar-refractivity contribution in [2.24, 2.45) is 0 Å². The molecular weight excluding hydrogens is 198 g/mol. The maximum absolute atomic E-state index is 11.5. The van der Waals surface area contributed by atoms with E-state index in [0.717, 1.165) is 12.2 Å². The molecule has 0 aliphatic heterocycles. The Morgan fingerprint density at radius 3 is 2.57 bits per heavy atom. The van der Waals surface area contributed by atoms with Gasteiger partial charge in [-0.3, -0.25) is 0 Å². The Kier molecular flexibility index (Phi) is 3.52. The van der Waals surface area contributed by atoms with Gasteiger partial charge in [-0.15, -0.1) is 0 Å². The van der Waals surface area contributed by atoms with Crippen LogP contribution in [0.25, 0.3) is 0 Å². The monoisotopic (exact) mass is 213 g/mol. The molecule has 0 aromatic heterocycles. The molecule has 0 amide bonds. The first kappa shape index (κ1) is 11.0. The lowest BCUT2D eigenvalue weighted by Gasteiger charge is -2.05. The lowest BCUT2D eigenvalue weighted by Crippen LogP contribution is -2.04. The highest BCUT2D eigenvalue weighted by atomic mass is 32.2.